The maximum absolute atomic E-state index is 12.2. The molecule has 3 nitrogen and oxygen atoms in total. The quantitative estimate of drug-likeness (QED) is 0.600. The summed E-state index contributed by atoms with van der Waals surface area (Å²) in [6.45, 7) is 8.99. The summed E-state index contributed by atoms with van der Waals surface area (Å²) in [5.74, 6) is 1.88. The van der Waals surface area contributed by atoms with Crippen LogP contribution < -0.4 is 0 Å². The SMILES string of the molecule is CC(C=CCOCC(C)(C)O)[C@H]1CC[C@@H]2C(=O)CCC[C@]21C. The second-order valence-corrected chi connectivity index (χ2v) is 8.18. The third-order valence-corrected chi connectivity index (χ3v) is 5.68. The van der Waals surface area contributed by atoms with Crippen molar-refractivity contribution < 1.29 is 14.6 Å². The number of hydrogen-bond donors (Lipinski definition) is 1. The van der Waals surface area contributed by atoms with Crippen molar-refractivity contribution in [1.29, 1.82) is 0 Å². The molecule has 2 saturated carbocycles. The van der Waals surface area contributed by atoms with Crippen LogP contribution in [-0.4, -0.2) is 29.7 Å². The summed E-state index contributed by atoms with van der Waals surface area (Å²) in [7, 11) is 0. The molecule has 0 aromatic rings. The predicted octanol–water partition coefficient (Wildman–Crippen LogP) is 3.75. The van der Waals surface area contributed by atoms with Gasteiger partial charge >= 0.3 is 0 Å². The van der Waals surface area contributed by atoms with E-state index < -0.39 is 5.60 Å². The Balaban J connectivity index is 1.87. The van der Waals surface area contributed by atoms with Crippen LogP contribution in [0.4, 0.5) is 0 Å². The van der Waals surface area contributed by atoms with Crippen molar-refractivity contribution in [2.45, 2.75) is 65.4 Å². The highest BCUT2D eigenvalue weighted by molar-refractivity contribution is 5.83. The number of allylic oxidation sites excluding steroid dienone is 1. The van der Waals surface area contributed by atoms with Gasteiger partial charge in [0.2, 0.25) is 0 Å². The van der Waals surface area contributed by atoms with Crippen molar-refractivity contribution in [3.63, 3.8) is 0 Å². The van der Waals surface area contributed by atoms with Crippen LogP contribution in [0, 0.1) is 23.2 Å². The Labute approximate surface area is 135 Å². The van der Waals surface area contributed by atoms with Crippen LogP contribution in [0.1, 0.15) is 59.8 Å². The molecule has 0 aromatic heterocycles. The zero-order valence-electron chi connectivity index (χ0n) is 14.6. The number of hydrogen-bond acceptors (Lipinski definition) is 3. The fourth-order valence-corrected chi connectivity index (χ4v) is 4.61. The van der Waals surface area contributed by atoms with Crippen LogP contribution in [0.15, 0.2) is 12.2 Å². The van der Waals surface area contributed by atoms with Crippen LogP contribution in [0.25, 0.3) is 0 Å². The van der Waals surface area contributed by atoms with E-state index in [1.54, 1.807) is 13.8 Å². The van der Waals surface area contributed by atoms with E-state index >= 15 is 0 Å². The van der Waals surface area contributed by atoms with Crippen LogP contribution in [0.2, 0.25) is 0 Å². The van der Waals surface area contributed by atoms with Crippen LogP contribution in [-0.2, 0) is 9.53 Å². The Morgan fingerprint density at radius 1 is 1.45 bits per heavy atom. The maximum atomic E-state index is 12.2. The molecule has 2 aliphatic carbocycles. The summed E-state index contributed by atoms with van der Waals surface area (Å²) in [6.07, 6.45) is 9.60. The molecule has 1 unspecified atom stereocenters. The van der Waals surface area contributed by atoms with Crippen LogP contribution in [0.5, 0.6) is 0 Å². The molecule has 2 aliphatic rings. The summed E-state index contributed by atoms with van der Waals surface area (Å²) < 4.78 is 5.47. The van der Waals surface area contributed by atoms with Gasteiger partial charge in [0.05, 0.1) is 18.8 Å². The fraction of sp³-hybridized carbons (Fsp3) is 0.842. The van der Waals surface area contributed by atoms with Crippen LogP contribution >= 0.6 is 0 Å². The molecule has 3 heteroatoms. The minimum absolute atomic E-state index is 0.201. The predicted molar refractivity (Wildman–Crippen MR) is 88.6 cm³/mol. The number of aliphatic hydroxyl groups is 1. The minimum Gasteiger partial charge on any atom is -0.388 e. The van der Waals surface area contributed by atoms with E-state index in [0.717, 1.165) is 19.3 Å². The zero-order chi connectivity index (χ0) is 16.4. The third kappa shape index (κ3) is 3.99. The van der Waals surface area contributed by atoms with Crippen molar-refractivity contribution in [3.8, 4) is 0 Å². The number of ether oxygens (including phenoxy) is 1. The topological polar surface area (TPSA) is 46.5 Å². The Kier molecular flexibility index (Phi) is 5.50. The van der Waals surface area contributed by atoms with Gasteiger partial charge in [0.1, 0.15) is 5.78 Å². The molecule has 0 saturated heterocycles. The van der Waals surface area contributed by atoms with E-state index in [0.29, 0.717) is 36.8 Å². The van der Waals surface area contributed by atoms with Crippen molar-refractivity contribution in [2.75, 3.05) is 13.2 Å². The highest BCUT2D eigenvalue weighted by Crippen LogP contribution is 2.56. The molecular weight excluding hydrogens is 276 g/mol. The van der Waals surface area contributed by atoms with Gasteiger partial charge in [-0.1, -0.05) is 26.0 Å². The smallest absolute Gasteiger partial charge is 0.136 e. The molecule has 0 amide bonds. The molecular formula is C19H32O3. The van der Waals surface area contributed by atoms with Gasteiger partial charge in [0.25, 0.3) is 0 Å². The van der Waals surface area contributed by atoms with Crippen molar-refractivity contribution in [1.82, 2.24) is 0 Å². The Hall–Kier alpha value is -0.670. The molecule has 2 fully saturated rings. The average Bonchev–Trinajstić information content (AvgIpc) is 2.75. The van der Waals surface area contributed by atoms with Gasteiger partial charge in [-0.3, -0.25) is 4.79 Å². The normalized spacial score (nSPS) is 34.1. The lowest BCUT2D eigenvalue weighted by Gasteiger charge is -2.41. The van der Waals surface area contributed by atoms with Gasteiger partial charge in [-0.2, -0.15) is 0 Å². The number of carbonyl (C=O) groups excluding carboxylic acids is 1. The van der Waals surface area contributed by atoms with E-state index in [1.165, 1.54) is 12.8 Å². The summed E-state index contributed by atoms with van der Waals surface area (Å²) in [5.41, 5.74) is -0.568. The first-order valence-electron chi connectivity index (χ1n) is 8.73. The third-order valence-electron chi connectivity index (χ3n) is 5.68. The summed E-state index contributed by atoms with van der Waals surface area (Å²) in [6, 6.07) is 0. The molecule has 0 spiro atoms. The lowest BCUT2D eigenvalue weighted by Crippen LogP contribution is -2.39. The van der Waals surface area contributed by atoms with Gasteiger partial charge in [-0.15, -0.1) is 0 Å². The Bertz CT molecular complexity index is 421. The molecule has 0 aliphatic heterocycles. The molecule has 0 radical (unpaired) electrons. The number of fused-ring (bicyclic) bond motifs is 1. The summed E-state index contributed by atoms with van der Waals surface area (Å²) in [5, 5.41) is 9.61. The summed E-state index contributed by atoms with van der Waals surface area (Å²) >= 11 is 0. The van der Waals surface area contributed by atoms with Crippen molar-refractivity contribution in [2.24, 2.45) is 23.2 Å². The standard InChI is InChI=1S/C19H32O3/c1-14(7-6-12-22-13-18(2,3)21)15-9-10-16-17(20)8-5-11-19(15,16)4/h6-7,14-16,21H,5,8-13H2,1-4H3/t14?,15-,16-,19+/m1/s1. The molecule has 126 valence electrons. The number of ketones is 1. The number of Topliss-reactive ketones (excluding diaryl/α,β-unsaturated/α-hetero) is 1. The second-order valence-electron chi connectivity index (χ2n) is 8.18. The first kappa shape index (κ1) is 17.7. The summed E-state index contributed by atoms with van der Waals surface area (Å²) in [4.78, 5) is 12.2. The fourth-order valence-electron chi connectivity index (χ4n) is 4.61. The van der Waals surface area contributed by atoms with E-state index in [4.69, 9.17) is 4.74 Å². The van der Waals surface area contributed by atoms with Gasteiger partial charge in [0.15, 0.2) is 0 Å². The van der Waals surface area contributed by atoms with Gasteiger partial charge in [-0.05, 0) is 56.8 Å². The minimum atomic E-state index is -0.770. The van der Waals surface area contributed by atoms with Gasteiger partial charge < -0.3 is 9.84 Å². The largest absolute Gasteiger partial charge is 0.388 e. The monoisotopic (exact) mass is 308 g/mol. The van der Waals surface area contributed by atoms with Crippen molar-refractivity contribution >= 4 is 5.78 Å². The lowest BCUT2D eigenvalue weighted by molar-refractivity contribution is -0.129. The average molecular weight is 308 g/mol. The number of rotatable bonds is 6. The highest BCUT2D eigenvalue weighted by Gasteiger charge is 2.51. The zero-order valence-corrected chi connectivity index (χ0v) is 14.6. The van der Waals surface area contributed by atoms with Gasteiger partial charge in [0, 0.05) is 12.3 Å². The second kappa shape index (κ2) is 6.84. The van der Waals surface area contributed by atoms with E-state index in [2.05, 4.69) is 26.0 Å². The van der Waals surface area contributed by atoms with E-state index in [-0.39, 0.29) is 5.41 Å². The van der Waals surface area contributed by atoms with E-state index in [1.807, 2.05) is 0 Å². The molecule has 4 atom stereocenters. The molecule has 2 rings (SSSR count). The Morgan fingerprint density at radius 3 is 2.86 bits per heavy atom. The molecule has 0 bridgehead atoms. The van der Waals surface area contributed by atoms with Crippen LogP contribution in [0.3, 0.4) is 0 Å². The van der Waals surface area contributed by atoms with E-state index in [9.17, 15) is 9.90 Å². The van der Waals surface area contributed by atoms with Crippen molar-refractivity contribution in [3.05, 3.63) is 12.2 Å². The first-order chi connectivity index (χ1) is 10.2. The molecule has 22 heavy (non-hydrogen) atoms. The number of carbonyl (C=O) groups is 1. The maximum Gasteiger partial charge on any atom is 0.136 e. The molecule has 0 aromatic carbocycles. The first-order valence-corrected chi connectivity index (χ1v) is 8.73. The molecule has 0 heterocycles. The Morgan fingerprint density at radius 2 is 2.18 bits per heavy atom. The lowest BCUT2D eigenvalue weighted by atomic mass is 9.62. The highest BCUT2D eigenvalue weighted by atomic mass is 16.5. The molecule has 1 N–H and O–H groups in total. The van der Waals surface area contributed by atoms with Gasteiger partial charge in [-0.25, -0.2) is 0 Å².